The number of aliphatic imine (C=N–C) groups is 1. The number of hydrogen-bond donors (Lipinski definition) is 2. The van der Waals surface area contributed by atoms with Crippen molar-refractivity contribution in [3.8, 4) is 0 Å². The van der Waals surface area contributed by atoms with Crippen LogP contribution in [0.3, 0.4) is 0 Å². The Hall–Kier alpha value is -1.56. The van der Waals surface area contributed by atoms with Gasteiger partial charge in [0.15, 0.2) is 11.7 Å². The van der Waals surface area contributed by atoms with E-state index in [9.17, 15) is 13.2 Å². The second-order valence-electron chi connectivity index (χ2n) is 5.50. The summed E-state index contributed by atoms with van der Waals surface area (Å²) in [7, 11) is 2.00. The number of alkyl halides is 3. The van der Waals surface area contributed by atoms with Crippen molar-refractivity contribution in [3.63, 3.8) is 0 Å². The van der Waals surface area contributed by atoms with Crippen molar-refractivity contribution >= 4 is 47.0 Å². The lowest BCUT2D eigenvalue weighted by Gasteiger charge is -2.20. The molecule has 27 heavy (non-hydrogen) atoms. The molecule has 2 aromatic rings. The number of thiazole rings is 1. The predicted octanol–water partition coefficient (Wildman–Crippen LogP) is 3.97. The first-order valence-corrected chi connectivity index (χ1v) is 9.08. The first-order valence-electron chi connectivity index (χ1n) is 8.20. The number of benzene rings is 1. The van der Waals surface area contributed by atoms with Crippen LogP contribution in [-0.2, 0) is 12.7 Å². The van der Waals surface area contributed by atoms with Gasteiger partial charge in [0.1, 0.15) is 5.01 Å². The van der Waals surface area contributed by atoms with Gasteiger partial charge in [-0.1, -0.05) is 18.2 Å². The van der Waals surface area contributed by atoms with E-state index in [0.717, 1.165) is 28.9 Å². The Kier molecular flexibility index (Phi) is 9.84. The van der Waals surface area contributed by atoms with Gasteiger partial charge in [-0.2, -0.15) is 13.2 Å². The molecule has 2 rings (SSSR count). The molecule has 0 radical (unpaired) electrons. The van der Waals surface area contributed by atoms with E-state index in [1.807, 2.05) is 44.3 Å². The lowest BCUT2D eigenvalue weighted by molar-refractivity contribution is -0.140. The fraction of sp³-hybridized carbons (Fsp3) is 0.412. The Bertz CT molecular complexity index is 706. The highest BCUT2D eigenvalue weighted by atomic mass is 127. The molecule has 150 valence electrons. The molecule has 1 heterocycles. The zero-order valence-electron chi connectivity index (χ0n) is 15.1. The summed E-state index contributed by atoms with van der Waals surface area (Å²) in [5.74, 6) is 0.553. The predicted molar refractivity (Wildman–Crippen MR) is 115 cm³/mol. The zero-order valence-corrected chi connectivity index (χ0v) is 18.2. The maximum atomic E-state index is 12.6. The summed E-state index contributed by atoms with van der Waals surface area (Å²) in [4.78, 5) is 9.99. The van der Waals surface area contributed by atoms with E-state index in [1.165, 1.54) is 0 Å². The second kappa shape index (κ2) is 11.3. The quantitative estimate of drug-likeness (QED) is 0.335. The van der Waals surface area contributed by atoms with Crippen LogP contribution >= 0.6 is 35.3 Å². The van der Waals surface area contributed by atoms with Crippen molar-refractivity contribution in [2.45, 2.75) is 19.6 Å². The van der Waals surface area contributed by atoms with Gasteiger partial charge in [-0.25, -0.2) is 9.98 Å². The molecule has 0 spiro atoms. The van der Waals surface area contributed by atoms with E-state index in [4.69, 9.17) is 0 Å². The minimum Gasteiger partial charge on any atom is -0.373 e. The van der Waals surface area contributed by atoms with Gasteiger partial charge in [-0.3, -0.25) is 0 Å². The molecule has 2 N–H and O–H groups in total. The van der Waals surface area contributed by atoms with Gasteiger partial charge >= 0.3 is 6.18 Å². The Morgan fingerprint density at radius 3 is 2.52 bits per heavy atom. The molecule has 10 heteroatoms. The normalized spacial score (nSPS) is 11.7. The molecule has 0 aliphatic heterocycles. The van der Waals surface area contributed by atoms with Gasteiger partial charge < -0.3 is 15.5 Å². The molecule has 1 aromatic heterocycles. The molecule has 0 unspecified atom stereocenters. The number of rotatable bonds is 7. The van der Waals surface area contributed by atoms with Crippen LogP contribution in [0.1, 0.15) is 17.6 Å². The zero-order chi connectivity index (χ0) is 19.0. The van der Waals surface area contributed by atoms with Gasteiger partial charge in [0.05, 0.1) is 6.54 Å². The Labute approximate surface area is 178 Å². The van der Waals surface area contributed by atoms with Gasteiger partial charge in [0.25, 0.3) is 0 Å². The van der Waals surface area contributed by atoms with Crippen LogP contribution in [0.25, 0.3) is 0 Å². The Morgan fingerprint density at radius 2 is 1.93 bits per heavy atom. The lowest BCUT2D eigenvalue weighted by atomic mass is 10.3. The highest BCUT2D eigenvalue weighted by Gasteiger charge is 2.33. The van der Waals surface area contributed by atoms with Crippen molar-refractivity contribution in [3.05, 3.63) is 46.4 Å². The topological polar surface area (TPSA) is 52.6 Å². The molecule has 0 amide bonds. The number of halogens is 4. The Balaban J connectivity index is 0.00000364. The molecular formula is C17H23F3IN5S. The number of likely N-dealkylation sites (N-methyl/N-ethyl adjacent to an activating group) is 1. The molecular weight excluding hydrogens is 490 g/mol. The van der Waals surface area contributed by atoms with E-state index < -0.39 is 11.9 Å². The highest BCUT2D eigenvalue weighted by Crippen LogP contribution is 2.30. The molecule has 0 fully saturated rings. The molecule has 0 atom stereocenters. The van der Waals surface area contributed by atoms with Crippen molar-refractivity contribution in [1.82, 2.24) is 15.6 Å². The number of anilines is 1. The first-order chi connectivity index (χ1) is 12.4. The van der Waals surface area contributed by atoms with E-state index >= 15 is 0 Å². The third-order valence-corrected chi connectivity index (χ3v) is 4.33. The summed E-state index contributed by atoms with van der Waals surface area (Å²) in [6.07, 6.45) is -4.41. The summed E-state index contributed by atoms with van der Waals surface area (Å²) in [5.41, 5.74) is 0.244. The van der Waals surface area contributed by atoms with Crippen LogP contribution in [0.2, 0.25) is 0 Å². The number of nitrogens with one attached hydrogen (secondary N) is 2. The third kappa shape index (κ3) is 7.91. The molecule has 0 saturated carbocycles. The minimum absolute atomic E-state index is 0. The molecule has 0 bridgehead atoms. The standard InChI is InChI=1S/C17H22F3N5S.HI/c1-3-21-16(22-9-10-25(2)13-7-5-4-6-8-13)23-11-15-24-14(12-26-15)17(18,19)20;/h4-8,12H,3,9-11H2,1-2H3,(H2,21,22,23);1H. The van der Waals surface area contributed by atoms with E-state index in [0.29, 0.717) is 24.1 Å². The molecule has 0 aliphatic rings. The number of hydrogen-bond acceptors (Lipinski definition) is 4. The summed E-state index contributed by atoms with van der Waals surface area (Å²) in [5, 5.41) is 7.60. The van der Waals surface area contributed by atoms with Crippen LogP contribution in [0.4, 0.5) is 18.9 Å². The summed E-state index contributed by atoms with van der Waals surface area (Å²) >= 11 is 0.961. The highest BCUT2D eigenvalue weighted by molar-refractivity contribution is 14.0. The fourth-order valence-electron chi connectivity index (χ4n) is 2.16. The average Bonchev–Trinajstić information content (AvgIpc) is 3.10. The smallest absolute Gasteiger partial charge is 0.373 e. The van der Waals surface area contributed by atoms with Crippen molar-refractivity contribution in [2.75, 3.05) is 31.6 Å². The number of nitrogens with zero attached hydrogens (tertiary/aromatic N) is 3. The van der Waals surface area contributed by atoms with E-state index in [1.54, 1.807) is 0 Å². The first kappa shape index (κ1) is 23.5. The monoisotopic (exact) mass is 513 g/mol. The van der Waals surface area contributed by atoms with E-state index in [-0.39, 0.29) is 30.5 Å². The van der Waals surface area contributed by atoms with Crippen LogP contribution in [-0.4, -0.2) is 37.6 Å². The summed E-state index contributed by atoms with van der Waals surface area (Å²) in [6, 6.07) is 9.98. The van der Waals surface area contributed by atoms with Crippen LogP contribution in [0.5, 0.6) is 0 Å². The van der Waals surface area contributed by atoms with Gasteiger partial charge in [0.2, 0.25) is 0 Å². The Morgan fingerprint density at radius 1 is 1.22 bits per heavy atom. The number of aromatic nitrogens is 1. The van der Waals surface area contributed by atoms with Crippen molar-refractivity contribution < 1.29 is 13.2 Å². The maximum absolute atomic E-state index is 12.6. The lowest BCUT2D eigenvalue weighted by Crippen LogP contribution is -2.41. The van der Waals surface area contributed by atoms with Gasteiger partial charge in [0, 0.05) is 37.7 Å². The summed E-state index contributed by atoms with van der Waals surface area (Å²) < 4.78 is 37.7. The molecule has 5 nitrogen and oxygen atoms in total. The molecule has 1 aromatic carbocycles. The molecule has 0 aliphatic carbocycles. The molecule has 0 saturated heterocycles. The van der Waals surface area contributed by atoms with Gasteiger partial charge in [-0.15, -0.1) is 35.3 Å². The SMILES string of the molecule is CCNC(=NCc1nc(C(F)(F)F)cs1)NCCN(C)c1ccccc1.I. The largest absolute Gasteiger partial charge is 0.434 e. The van der Waals surface area contributed by atoms with Crippen molar-refractivity contribution in [2.24, 2.45) is 4.99 Å². The third-order valence-electron chi connectivity index (χ3n) is 3.50. The van der Waals surface area contributed by atoms with E-state index in [2.05, 4.69) is 25.5 Å². The average molecular weight is 513 g/mol. The van der Waals surface area contributed by atoms with Crippen molar-refractivity contribution in [1.29, 1.82) is 0 Å². The van der Waals surface area contributed by atoms with Crippen LogP contribution in [0, 0.1) is 0 Å². The maximum Gasteiger partial charge on any atom is 0.434 e. The van der Waals surface area contributed by atoms with Crippen LogP contribution in [0.15, 0.2) is 40.7 Å². The van der Waals surface area contributed by atoms with Gasteiger partial charge in [-0.05, 0) is 19.1 Å². The number of guanidine groups is 1. The second-order valence-corrected chi connectivity index (χ2v) is 6.45. The number of para-hydroxylation sites is 1. The minimum atomic E-state index is -4.41. The summed E-state index contributed by atoms with van der Waals surface area (Å²) in [6.45, 7) is 4.09. The van der Waals surface area contributed by atoms with Crippen LogP contribution < -0.4 is 15.5 Å². The fourth-order valence-corrected chi connectivity index (χ4v) is 2.88.